The van der Waals surface area contributed by atoms with Crippen molar-refractivity contribution < 1.29 is 0 Å². The maximum absolute atomic E-state index is 4.40. The molecule has 0 aliphatic rings. The number of nitrogens with one attached hydrogen (secondary N) is 2. The minimum absolute atomic E-state index is 0.0942. The SMILES string of the molecule is CCc1ccc(Nc2cnnc(NC(C)(C)C)n2)cc1. The van der Waals surface area contributed by atoms with Gasteiger partial charge in [-0.15, -0.1) is 5.10 Å². The first-order chi connectivity index (χ1) is 9.46. The van der Waals surface area contributed by atoms with E-state index < -0.39 is 0 Å². The van der Waals surface area contributed by atoms with Crippen LogP contribution in [0.2, 0.25) is 0 Å². The van der Waals surface area contributed by atoms with Gasteiger partial charge >= 0.3 is 0 Å². The molecule has 2 aromatic rings. The Balaban J connectivity index is 2.10. The molecule has 1 heterocycles. The van der Waals surface area contributed by atoms with Gasteiger partial charge in [-0.25, -0.2) is 0 Å². The lowest BCUT2D eigenvalue weighted by molar-refractivity contribution is 0.623. The molecule has 0 bridgehead atoms. The predicted octanol–water partition coefficient (Wildman–Crippen LogP) is 3.39. The molecule has 0 aliphatic carbocycles. The Bertz CT molecular complexity index is 557. The number of rotatable bonds is 4. The summed E-state index contributed by atoms with van der Waals surface area (Å²) in [6.07, 6.45) is 2.65. The summed E-state index contributed by atoms with van der Waals surface area (Å²) >= 11 is 0. The lowest BCUT2D eigenvalue weighted by Gasteiger charge is -2.20. The Labute approximate surface area is 119 Å². The summed E-state index contributed by atoms with van der Waals surface area (Å²) in [5.41, 5.74) is 2.21. The zero-order chi connectivity index (χ0) is 14.6. The van der Waals surface area contributed by atoms with Crippen molar-refractivity contribution in [1.82, 2.24) is 15.2 Å². The van der Waals surface area contributed by atoms with Gasteiger partial charge in [-0.2, -0.15) is 10.1 Å². The average molecular weight is 271 g/mol. The molecule has 0 spiro atoms. The first-order valence-electron chi connectivity index (χ1n) is 6.80. The number of hydrogen-bond acceptors (Lipinski definition) is 5. The topological polar surface area (TPSA) is 62.7 Å². The highest BCUT2D eigenvalue weighted by Crippen LogP contribution is 2.16. The molecule has 1 aromatic carbocycles. The molecule has 0 fully saturated rings. The zero-order valence-electron chi connectivity index (χ0n) is 12.4. The van der Waals surface area contributed by atoms with Gasteiger partial charge in [0.2, 0.25) is 5.95 Å². The van der Waals surface area contributed by atoms with Crippen molar-refractivity contribution >= 4 is 17.5 Å². The minimum atomic E-state index is -0.0942. The van der Waals surface area contributed by atoms with E-state index in [1.807, 2.05) is 12.1 Å². The van der Waals surface area contributed by atoms with E-state index in [4.69, 9.17) is 0 Å². The number of aromatic nitrogens is 3. The molecular formula is C15H21N5. The van der Waals surface area contributed by atoms with Crippen LogP contribution in [-0.4, -0.2) is 20.7 Å². The Morgan fingerprint density at radius 1 is 1.10 bits per heavy atom. The first-order valence-corrected chi connectivity index (χ1v) is 6.80. The number of anilines is 3. The third kappa shape index (κ3) is 4.19. The second kappa shape index (κ2) is 5.86. The van der Waals surface area contributed by atoms with E-state index in [0.29, 0.717) is 11.8 Å². The molecule has 2 N–H and O–H groups in total. The van der Waals surface area contributed by atoms with Gasteiger partial charge in [0.1, 0.15) is 0 Å². The second-order valence-electron chi connectivity index (χ2n) is 5.72. The molecule has 2 rings (SSSR count). The molecule has 0 saturated carbocycles. The van der Waals surface area contributed by atoms with Crippen LogP contribution in [0.25, 0.3) is 0 Å². The van der Waals surface area contributed by atoms with Crippen LogP contribution in [0.15, 0.2) is 30.5 Å². The van der Waals surface area contributed by atoms with E-state index >= 15 is 0 Å². The maximum Gasteiger partial charge on any atom is 0.245 e. The highest BCUT2D eigenvalue weighted by Gasteiger charge is 2.11. The monoisotopic (exact) mass is 271 g/mol. The predicted molar refractivity (Wildman–Crippen MR) is 82.3 cm³/mol. The molecule has 0 aliphatic heterocycles. The van der Waals surface area contributed by atoms with Crippen LogP contribution in [0.3, 0.4) is 0 Å². The van der Waals surface area contributed by atoms with E-state index in [9.17, 15) is 0 Å². The third-order valence-corrected chi connectivity index (χ3v) is 2.68. The van der Waals surface area contributed by atoms with Crippen molar-refractivity contribution in [2.75, 3.05) is 10.6 Å². The summed E-state index contributed by atoms with van der Waals surface area (Å²) in [5, 5.41) is 14.4. The lowest BCUT2D eigenvalue weighted by Crippen LogP contribution is -2.27. The maximum atomic E-state index is 4.40. The first kappa shape index (κ1) is 14.2. The molecule has 0 saturated heterocycles. The Kier molecular flexibility index (Phi) is 4.17. The second-order valence-corrected chi connectivity index (χ2v) is 5.72. The van der Waals surface area contributed by atoms with Crippen LogP contribution in [0.5, 0.6) is 0 Å². The highest BCUT2D eigenvalue weighted by molar-refractivity contribution is 5.56. The fraction of sp³-hybridized carbons (Fsp3) is 0.400. The van der Waals surface area contributed by atoms with Crippen LogP contribution >= 0.6 is 0 Å². The number of aryl methyl sites for hydroxylation is 1. The summed E-state index contributed by atoms with van der Waals surface area (Å²) in [4.78, 5) is 4.40. The molecule has 0 radical (unpaired) electrons. The van der Waals surface area contributed by atoms with Crippen LogP contribution < -0.4 is 10.6 Å². The van der Waals surface area contributed by atoms with Crippen molar-refractivity contribution in [2.45, 2.75) is 39.7 Å². The van der Waals surface area contributed by atoms with E-state index in [-0.39, 0.29) is 5.54 Å². The molecule has 0 amide bonds. The van der Waals surface area contributed by atoms with Crippen molar-refractivity contribution in [1.29, 1.82) is 0 Å². The van der Waals surface area contributed by atoms with Gasteiger partial charge in [0.05, 0.1) is 6.20 Å². The molecular weight excluding hydrogens is 250 g/mol. The van der Waals surface area contributed by atoms with Crippen LogP contribution in [0.1, 0.15) is 33.3 Å². The Hall–Kier alpha value is -2.17. The van der Waals surface area contributed by atoms with Crippen molar-refractivity contribution in [3.05, 3.63) is 36.0 Å². The van der Waals surface area contributed by atoms with Crippen LogP contribution in [-0.2, 0) is 6.42 Å². The largest absolute Gasteiger partial charge is 0.348 e. The van der Waals surface area contributed by atoms with Gasteiger partial charge in [-0.3, -0.25) is 0 Å². The summed E-state index contributed by atoms with van der Waals surface area (Å²) in [5.74, 6) is 1.20. The molecule has 106 valence electrons. The minimum Gasteiger partial charge on any atom is -0.348 e. The van der Waals surface area contributed by atoms with Gasteiger partial charge < -0.3 is 10.6 Å². The van der Waals surface area contributed by atoms with Crippen LogP contribution in [0, 0.1) is 0 Å². The molecule has 0 atom stereocenters. The van der Waals surface area contributed by atoms with E-state index in [0.717, 1.165) is 12.1 Å². The molecule has 20 heavy (non-hydrogen) atoms. The number of hydrogen-bond donors (Lipinski definition) is 2. The van der Waals surface area contributed by atoms with Crippen LogP contribution in [0.4, 0.5) is 17.5 Å². The lowest BCUT2D eigenvalue weighted by atomic mass is 10.1. The standard InChI is InChI=1S/C15H21N5/c1-5-11-6-8-12(9-7-11)17-13-10-16-20-14(18-13)19-15(2,3)4/h6-10H,5H2,1-4H3,(H2,17,18,19,20). The number of benzene rings is 1. The number of nitrogens with zero attached hydrogens (tertiary/aromatic N) is 3. The normalized spacial score (nSPS) is 11.2. The molecule has 0 unspecified atom stereocenters. The van der Waals surface area contributed by atoms with Gasteiger partial charge in [0, 0.05) is 11.2 Å². The van der Waals surface area contributed by atoms with Crippen molar-refractivity contribution in [3.63, 3.8) is 0 Å². The smallest absolute Gasteiger partial charge is 0.245 e. The summed E-state index contributed by atoms with van der Waals surface area (Å²) in [6.45, 7) is 8.31. The molecule has 5 heteroatoms. The summed E-state index contributed by atoms with van der Waals surface area (Å²) in [7, 11) is 0. The Morgan fingerprint density at radius 3 is 2.40 bits per heavy atom. The van der Waals surface area contributed by atoms with E-state index in [1.54, 1.807) is 6.20 Å². The summed E-state index contributed by atoms with van der Waals surface area (Å²) < 4.78 is 0. The Morgan fingerprint density at radius 2 is 1.80 bits per heavy atom. The quantitative estimate of drug-likeness (QED) is 0.892. The van der Waals surface area contributed by atoms with Gasteiger partial charge in [-0.05, 0) is 44.9 Å². The van der Waals surface area contributed by atoms with Gasteiger partial charge in [0.15, 0.2) is 5.82 Å². The van der Waals surface area contributed by atoms with Gasteiger partial charge in [0.25, 0.3) is 0 Å². The molecule has 1 aromatic heterocycles. The fourth-order valence-corrected chi connectivity index (χ4v) is 1.72. The molecule has 5 nitrogen and oxygen atoms in total. The van der Waals surface area contributed by atoms with Gasteiger partial charge in [-0.1, -0.05) is 19.1 Å². The van der Waals surface area contributed by atoms with E-state index in [2.05, 4.69) is 65.6 Å². The summed E-state index contributed by atoms with van der Waals surface area (Å²) in [6, 6.07) is 8.28. The highest BCUT2D eigenvalue weighted by atomic mass is 15.3. The average Bonchev–Trinajstić information content (AvgIpc) is 2.38. The fourth-order valence-electron chi connectivity index (χ4n) is 1.72. The zero-order valence-corrected chi connectivity index (χ0v) is 12.4. The van der Waals surface area contributed by atoms with E-state index in [1.165, 1.54) is 5.56 Å². The van der Waals surface area contributed by atoms with Crippen molar-refractivity contribution in [3.8, 4) is 0 Å². The third-order valence-electron chi connectivity index (χ3n) is 2.68. The van der Waals surface area contributed by atoms with Crippen molar-refractivity contribution in [2.24, 2.45) is 0 Å².